The standard InChI is InChI=1S/C23H21ClN6O2S2/c1-14-6-7-16(10-15(14)2)21(32)26-12-19-28-29-23(30(19)18-5-3-4-17(24)11-18)34-13-20(31)27-22-25-8-9-33-22/h3-11H,12-13H2,1-2H3,(H,26,32)(H,25,27,31). The summed E-state index contributed by atoms with van der Waals surface area (Å²) < 4.78 is 1.79. The number of aryl methyl sites for hydroxylation is 2. The van der Waals surface area contributed by atoms with Crippen LogP contribution < -0.4 is 10.6 Å². The van der Waals surface area contributed by atoms with Crippen LogP contribution in [0.5, 0.6) is 0 Å². The van der Waals surface area contributed by atoms with Crippen LogP contribution in [0.25, 0.3) is 5.69 Å². The molecule has 0 aliphatic heterocycles. The molecular weight excluding hydrogens is 492 g/mol. The molecule has 2 aromatic carbocycles. The molecule has 11 heteroatoms. The number of hydrogen-bond acceptors (Lipinski definition) is 7. The second kappa shape index (κ2) is 10.8. The lowest BCUT2D eigenvalue weighted by atomic mass is 10.1. The Labute approximate surface area is 209 Å². The zero-order valence-corrected chi connectivity index (χ0v) is 20.8. The summed E-state index contributed by atoms with van der Waals surface area (Å²) in [5.74, 6) is 0.223. The van der Waals surface area contributed by atoms with Crippen LogP contribution in [0.3, 0.4) is 0 Å². The molecule has 34 heavy (non-hydrogen) atoms. The number of amides is 2. The van der Waals surface area contributed by atoms with Gasteiger partial charge in [0.2, 0.25) is 5.91 Å². The molecule has 2 heterocycles. The third kappa shape index (κ3) is 5.82. The number of carbonyl (C=O) groups excluding carboxylic acids is 2. The van der Waals surface area contributed by atoms with Gasteiger partial charge in [-0.15, -0.1) is 21.5 Å². The second-order valence-corrected chi connectivity index (χ2v) is 9.64. The van der Waals surface area contributed by atoms with Gasteiger partial charge in [-0.05, 0) is 55.3 Å². The van der Waals surface area contributed by atoms with Crippen LogP contribution in [0.4, 0.5) is 5.13 Å². The van der Waals surface area contributed by atoms with Gasteiger partial charge >= 0.3 is 0 Å². The molecule has 0 fully saturated rings. The van der Waals surface area contributed by atoms with Gasteiger partial charge in [0.25, 0.3) is 5.91 Å². The van der Waals surface area contributed by atoms with Gasteiger partial charge in [-0.3, -0.25) is 14.2 Å². The molecule has 2 amide bonds. The highest BCUT2D eigenvalue weighted by Gasteiger charge is 2.18. The van der Waals surface area contributed by atoms with E-state index in [4.69, 9.17) is 11.6 Å². The number of anilines is 1. The van der Waals surface area contributed by atoms with Gasteiger partial charge in [0.15, 0.2) is 16.1 Å². The van der Waals surface area contributed by atoms with Crippen molar-refractivity contribution in [2.45, 2.75) is 25.5 Å². The van der Waals surface area contributed by atoms with E-state index in [1.807, 2.05) is 38.1 Å². The first-order valence-corrected chi connectivity index (χ1v) is 12.5. The van der Waals surface area contributed by atoms with E-state index in [9.17, 15) is 9.59 Å². The highest BCUT2D eigenvalue weighted by atomic mass is 35.5. The molecule has 0 radical (unpaired) electrons. The number of thiazole rings is 1. The highest BCUT2D eigenvalue weighted by molar-refractivity contribution is 7.99. The van der Waals surface area contributed by atoms with Crippen molar-refractivity contribution in [1.82, 2.24) is 25.1 Å². The number of nitrogens with zero attached hydrogens (tertiary/aromatic N) is 4. The first-order valence-electron chi connectivity index (χ1n) is 10.3. The summed E-state index contributed by atoms with van der Waals surface area (Å²) in [6, 6.07) is 12.8. The van der Waals surface area contributed by atoms with Crippen LogP contribution in [0, 0.1) is 13.8 Å². The Hall–Kier alpha value is -3.21. The van der Waals surface area contributed by atoms with Crippen molar-refractivity contribution in [3.05, 3.63) is 81.6 Å². The second-order valence-electron chi connectivity index (χ2n) is 7.37. The van der Waals surface area contributed by atoms with Crippen molar-refractivity contribution < 1.29 is 9.59 Å². The van der Waals surface area contributed by atoms with Crippen molar-refractivity contribution >= 4 is 51.6 Å². The van der Waals surface area contributed by atoms with Crippen LogP contribution in [-0.2, 0) is 11.3 Å². The SMILES string of the molecule is Cc1ccc(C(=O)NCc2nnc(SCC(=O)Nc3nccs3)n2-c2cccc(Cl)c2)cc1C. The normalized spacial score (nSPS) is 10.8. The molecule has 0 saturated heterocycles. The molecule has 0 spiro atoms. The molecule has 8 nitrogen and oxygen atoms in total. The molecule has 174 valence electrons. The number of thioether (sulfide) groups is 1. The summed E-state index contributed by atoms with van der Waals surface area (Å²) in [6.07, 6.45) is 1.63. The summed E-state index contributed by atoms with van der Waals surface area (Å²) in [5, 5.41) is 17.6. The minimum atomic E-state index is -0.208. The maximum Gasteiger partial charge on any atom is 0.251 e. The fourth-order valence-electron chi connectivity index (χ4n) is 3.10. The summed E-state index contributed by atoms with van der Waals surface area (Å²) >= 11 is 8.79. The van der Waals surface area contributed by atoms with Crippen molar-refractivity contribution in [1.29, 1.82) is 0 Å². The molecule has 2 N–H and O–H groups in total. The number of aromatic nitrogens is 4. The molecule has 0 saturated carbocycles. The van der Waals surface area contributed by atoms with Crippen LogP contribution in [0.1, 0.15) is 27.3 Å². The Morgan fingerprint density at radius 2 is 1.97 bits per heavy atom. The fraction of sp³-hybridized carbons (Fsp3) is 0.174. The largest absolute Gasteiger partial charge is 0.345 e. The number of halogens is 1. The van der Waals surface area contributed by atoms with E-state index < -0.39 is 0 Å². The van der Waals surface area contributed by atoms with E-state index in [1.54, 1.807) is 34.3 Å². The highest BCUT2D eigenvalue weighted by Crippen LogP contribution is 2.24. The van der Waals surface area contributed by atoms with Gasteiger partial charge < -0.3 is 10.6 Å². The van der Waals surface area contributed by atoms with Gasteiger partial charge in [-0.2, -0.15) is 0 Å². The van der Waals surface area contributed by atoms with Gasteiger partial charge in [0.05, 0.1) is 18.0 Å². The fourth-order valence-corrected chi connectivity index (χ4v) is 4.60. The van der Waals surface area contributed by atoms with Gasteiger partial charge in [0, 0.05) is 22.2 Å². The monoisotopic (exact) mass is 512 g/mol. The average Bonchev–Trinajstić information content (AvgIpc) is 3.47. The Balaban J connectivity index is 1.52. The predicted molar refractivity (Wildman–Crippen MR) is 135 cm³/mol. The number of benzene rings is 2. The van der Waals surface area contributed by atoms with Gasteiger partial charge in [-0.1, -0.05) is 35.5 Å². The Morgan fingerprint density at radius 3 is 2.71 bits per heavy atom. The minimum absolute atomic E-state index is 0.118. The molecule has 4 aromatic rings. The zero-order valence-electron chi connectivity index (χ0n) is 18.4. The third-order valence-electron chi connectivity index (χ3n) is 4.95. The predicted octanol–water partition coefficient (Wildman–Crippen LogP) is 4.65. The summed E-state index contributed by atoms with van der Waals surface area (Å²) in [5.41, 5.74) is 3.48. The van der Waals surface area contributed by atoms with Crippen LogP contribution >= 0.6 is 34.7 Å². The van der Waals surface area contributed by atoms with Gasteiger partial charge in [0.1, 0.15) is 0 Å². The zero-order chi connectivity index (χ0) is 24.1. The third-order valence-corrected chi connectivity index (χ3v) is 6.81. The molecule has 0 aliphatic rings. The first-order chi connectivity index (χ1) is 16.4. The van der Waals surface area contributed by atoms with Crippen LogP contribution in [0.15, 0.2) is 59.2 Å². The molecule has 0 bridgehead atoms. The van der Waals surface area contributed by atoms with Crippen LogP contribution in [-0.4, -0.2) is 37.3 Å². The van der Waals surface area contributed by atoms with Crippen molar-refractivity contribution in [3.8, 4) is 5.69 Å². The first kappa shape index (κ1) is 23.9. The van der Waals surface area contributed by atoms with Crippen molar-refractivity contribution in [2.75, 3.05) is 11.1 Å². The summed E-state index contributed by atoms with van der Waals surface area (Å²) in [6.45, 7) is 4.12. The van der Waals surface area contributed by atoms with Gasteiger partial charge in [-0.25, -0.2) is 4.98 Å². The number of carbonyl (C=O) groups is 2. The molecule has 0 aliphatic carbocycles. The topological polar surface area (TPSA) is 102 Å². The van der Waals surface area contributed by atoms with E-state index in [-0.39, 0.29) is 24.1 Å². The molecular formula is C23H21ClN6O2S2. The van der Waals surface area contributed by atoms with E-state index in [1.165, 1.54) is 23.1 Å². The maximum absolute atomic E-state index is 12.7. The Kier molecular flexibility index (Phi) is 7.61. The minimum Gasteiger partial charge on any atom is -0.345 e. The lowest BCUT2D eigenvalue weighted by Crippen LogP contribution is -2.24. The Morgan fingerprint density at radius 1 is 1.12 bits per heavy atom. The Bertz CT molecular complexity index is 1320. The number of hydrogen-bond donors (Lipinski definition) is 2. The molecule has 4 rings (SSSR count). The average molecular weight is 513 g/mol. The van der Waals surface area contributed by atoms with Crippen molar-refractivity contribution in [2.24, 2.45) is 0 Å². The summed E-state index contributed by atoms with van der Waals surface area (Å²) in [7, 11) is 0. The molecule has 2 aromatic heterocycles. The van der Waals surface area contributed by atoms with E-state index in [2.05, 4.69) is 25.8 Å². The molecule has 0 unspecified atom stereocenters. The lowest BCUT2D eigenvalue weighted by Gasteiger charge is -2.12. The summed E-state index contributed by atoms with van der Waals surface area (Å²) in [4.78, 5) is 29.1. The van der Waals surface area contributed by atoms with E-state index in [0.717, 1.165) is 16.8 Å². The van der Waals surface area contributed by atoms with Crippen molar-refractivity contribution in [3.63, 3.8) is 0 Å². The van der Waals surface area contributed by atoms with Crippen LogP contribution in [0.2, 0.25) is 5.02 Å². The lowest BCUT2D eigenvalue weighted by molar-refractivity contribution is -0.113. The maximum atomic E-state index is 12.7. The van der Waals surface area contributed by atoms with E-state index >= 15 is 0 Å². The quantitative estimate of drug-likeness (QED) is 0.333. The smallest absolute Gasteiger partial charge is 0.251 e. The number of nitrogens with one attached hydrogen (secondary N) is 2. The molecule has 0 atom stereocenters. The number of rotatable bonds is 8. The van der Waals surface area contributed by atoms with E-state index in [0.29, 0.717) is 26.7 Å².